The highest BCUT2D eigenvalue weighted by atomic mass is 35.5. The average molecular weight is 349 g/mol. The molecule has 0 spiro atoms. The molecule has 3 nitrogen and oxygen atoms in total. The first kappa shape index (κ1) is 15.9. The minimum absolute atomic E-state index is 0.142. The first-order valence-electron chi connectivity index (χ1n) is 7.15. The maximum atomic E-state index is 12.8. The lowest BCUT2D eigenvalue weighted by Gasteiger charge is -2.14. The fourth-order valence-corrected chi connectivity index (χ4v) is 2.71. The number of halogens is 2. The molecular formula is C18H14Cl2O3. The predicted octanol–water partition coefficient (Wildman–Crippen LogP) is 5.55. The summed E-state index contributed by atoms with van der Waals surface area (Å²) in [6.07, 6.45) is -0.184. The lowest BCUT2D eigenvalue weighted by Crippen LogP contribution is -2.15. The summed E-state index contributed by atoms with van der Waals surface area (Å²) in [7, 11) is 0. The van der Waals surface area contributed by atoms with Gasteiger partial charge in [0.15, 0.2) is 5.76 Å². The molecule has 0 radical (unpaired) electrons. The van der Waals surface area contributed by atoms with E-state index in [9.17, 15) is 4.79 Å². The van der Waals surface area contributed by atoms with Crippen LogP contribution >= 0.6 is 23.2 Å². The minimum atomic E-state index is -0.266. The normalized spacial score (nSPS) is 11.2. The van der Waals surface area contributed by atoms with Gasteiger partial charge in [-0.1, -0.05) is 35.3 Å². The maximum absolute atomic E-state index is 12.8. The van der Waals surface area contributed by atoms with Crippen molar-refractivity contribution < 1.29 is 9.15 Å². The van der Waals surface area contributed by atoms with Gasteiger partial charge in [0.05, 0.1) is 16.5 Å². The summed E-state index contributed by atoms with van der Waals surface area (Å²) in [4.78, 5) is 12.8. The Morgan fingerprint density at radius 2 is 1.83 bits per heavy atom. The number of benzene rings is 2. The number of rotatable bonds is 3. The third-order valence-electron chi connectivity index (χ3n) is 3.28. The van der Waals surface area contributed by atoms with Crippen LogP contribution in [0.15, 0.2) is 51.7 Å². The molecule has 3 aromatic rings. The zero-order chi connectivity index (χ0) is 16.6. The molecule has 0 bridgehead atoms. The Kier molecular flexibility index (Phi) is 4.33. The summed E-state index contributed by atoms with van der Waals surface area (Å²) < 4.78 is 11.7. The Hall–Kier alpha value is -1.97. The Morgan fingerprint density at radius 1 is 1.09 bits per heavy atom. The maximum Gasteiger partial charge on any atom is 0.235 e. The molecule has 0 amide bonds. The van der Waals surface area contributed by atoms with Gasteiger partial charge in [0, 0.05) is 10.6 Å². The van der Waals surface area contributed by atoms with Crippen molar-refractivity contribution in [2.45, 2.75) is 20.0 Å². The molecule has 0 aliphatic carbocycles. The van der Waals surface area contributed by atoms with Crippen LogP contribution in [0.4, 0.5) is 0 Å². The van der Waals surface area contributed by atoms with Gasteiger partial charge in [0.1, 0.15) is 5.58 Å². The van der Waals surface area contributed by atoms with Crippen LogP contribution in [0.5, 0.6) is 5.75 Å². The molecule has 5 heteroatoms. The summed E-state index contributed by atoms with van der Waals surface area (Å²) >= 11 is 12.2. The van der Waals surface area contributed by atoms with E-state index in [1.807, 2.05) is 26.0 Å². The van der Waals surface area contributed by atoms with Crippen LogP contribution in [0.25, 0.3) is 22.3 Å². The van der Waals surface area contributed by atoms with Crippen LogP contribution < -0.4 is 10.2 Å². The van der Waals surface area contributed by atoms with Crippen molar-refractivity contribution in [1.82, 2.24) is 0 Å². The fraction of sp³-hybridized carbons (Fsp3) is 0.167. The number of fused-ring (bicyclic) bond motifs is 1. The van der Waals surface area contributed by atoms with E-state index in [-0.39, 0.29) is 17.3 Å². The van der Waals surface area contributed by atoms with Crippen LogP contribution in [-0.2, 0) is 0 Å². The van der Waals surface area contributed by atoms with Gasteiger partial charge < -0.3 is 9.15 Å². The SMILES string of the molecule is CC(C)Oc1c(-c2ccccc2Cl)oc2ccc(Cl)cc2c1=O. The van der Waals surface area contributed by atoms with Crippen molar-refractivity contribution in [1.29, 1.82) is 0 Å². The number of hydrogen-bond acceptors (Lipinski definition) is 3. The molecule has 0 saturated carbocycles. The van der Waals surface area contributed by atoms with Gasteiger partial charge in [-0.25, -0.2) is 0 Å². The van der Waals surface area contributed by atoms with Crippen LogP contribution in [-0.4, -0.2) is 6.10 Å². The minimum Gasteiger partial charge on any atom is -0.484 e. The second-order valence-electron chi connectivity index (χ2n) is 5.38. The van der Waals surface area contributed by atoms with Crippen molar-refractivity contribution in [3.8, 4) is 17.1 Å². The van der Waals surface area contributed by atoms with E-state index in [0.29, 0.717) is 32.3 Å². The Bertz CT molecular complexity index is 929. The molecular weight excluding hydrogens is 335 g/mol. The van der Waals surface area contributed by atoms with E-state index in [1.165, 1.54) is 0 Å². The zero-order valence-corrected chi connectivity index (χ0v) is 14.1. The largest absolute Gasteiger partial charge is 0.484 e. The third-order valence-corrected chi connectivity index (χ3v) is 3.85. The van der Waals surface area contributed by atoms with Gasteiger partial charge in [-0.2, -0.15) is 0 Å². The molecule has 0 unspecified atom stereocenters. The Labute approximate surface area is 143 Å². The molecule has 118 valence electrons. The molecule has 1 aromatic heterocycles. The number of hydrogen-bond donors (Lipinski definition) is 0. The fourth-order valence-electron chi connectivity index (χ4n) is 2.32. The van der Waals surface area contributed by atoms with Gasteiger partial charge in [0.2, 0.25) is 11.2 Å². The van der Waals surface area contributed by atoms with Crippen molar-refractivity contribution >= 4 is 34.2 Å². The first-order chi connectivity index (χ1) is 11.0. The van der Waals surface area contributed by atoms with E-state index in [2.05, 4.69) is 0 Å². The second-order valence-corrected chi connectivity index (χ2v) is 6.22. The Balaban J connectivity index is 2.38. The quantitative estimate of drug-likeness (QED) is 0.622. The molecule has 0 N–H and O–H groups in total. The monoisotopic (exact) mass is 348 g/mol. The summed E-state index contributed by atoms with van der Waals surface area (Å²) in [5.41, 5.74) is 0.779. The van der Waals surface area contributed by atoms with Gasteiger partial charge in [0.25, 0.3) is 0 Å². The molecule has 23 heavy (non-hydrogen) atoms. The van der Waals surface area contributed by atoms with E-state index in [0.717, 1.165) is 0 Å². The van der Waals surface area contributed by atoms with E-state index in [1.54, 1.807) is 30.3 Å². The highest BCUT2D eigenvalue weighted by Crippen LogP contribution is 2.35. The van der Waals surface area contributed by atoms with Gasteiger partial charge in [-0.05, 0) is 44.2 Å². The molecule has 3 rings (SSSR count). The highest BCUT2D eigenvalue weighted by Gasteiger charge is 2.20. The van der Waals surface area contributed by atoms with Gasteiger partial charge in [-0.3, -0.25) is 4.79 Å². The highest BCUT2D eigenvalue weighted by molar-refractivity contribution is 6.33. The van der Waals surface area contributed by atoms with Crippen LogP contribution in [0.1, 0.15) is 13.8 Å². The predicted molar refractivity (Wildman–Crippen MR) is 93.7 cm³/mol. The molecule has 0 aliphatic rings. The zero-order valence-electron chi connectivity index (χ0n) is 12.6. The average Bonchev–Trinajstić information content (AvgIpc) is 2.51. The third kappa shape index (κ3) is 3.07. The van der Waals surface area contributed by atoms with Crippen LogP contribution in [0, 0.1) is 0 Å². The standard InChI is InChI=1S/C18H14Cl2O3/c1-10(2)22-18-16(21)13-9-11(19)7-8-15(13)23-17(18)12-5-3-4-6-14(12)20/h3-10H,1-2H3. The summed E-state index contributed by atoms with van der Waals surface area (Å²) in [6, 6.07) is 12.1. The molecule has 1 heterocycles. The van der Waals surface area contributed by atoms with Crippen molar-refractivity contribution in [3.63, 3.8) is 0 Å². The van der Waals surface area contributed by atoms with Gasteiger partial charge in [-0.15, -0.1) is 0 Å². The van der Waals surface area contributed by atoms with Crippen molar-refractivity contribution in [2.75, 3.05) is 0 Å². The Morgan fingerprint density at radius 3 is 2.52 bits per heavy atom. The van der Waals surface area contributed by atoms with E-state index in [4.69, 9.17) is 32.4 Å². The second kappa shape index (κ2) is 6.26. The molecule has 2 aromatic carbocycles. The van der Waals surface area contributed by atoms with Crippen LogP contribution in [0.3, 0.4) is 0 Å². The van der Waals surface area contributed by atoms with E-state index < -0.39 is 0 Å². The topological polar surface area (TPSA) is 39.4 Å². The summed E-state index contributed by atoms with van der Waals surface area (Å²) in [5, 5.41) is 1.33. The lowest BCUT2D eigenvalue weighted by atomic mass is 10.1. The first-order valence-corrected chi connectivity index (χ1v) is 7.91. The smallest absolute Gasteiger partial charge is 0.235 e. The van der Waals surface area contributed by atoms with Crippen molar-refractivity contribution in [2.24, 2.45) is 0 Å². The van der Waals surface area contributed by atoms with E-state index >= 15 is 0 Å². The molecule has 0 saturated heterocycles. The molecule has 0 atom stereocenters. The molecule has 0 fully saturated rings. The number of ether oxygens (including phenoxy) is 1. The summed E-state index contributed by atoms with van der Waals surface area (Å²) in [6.45, 7) is 3.69. The van der Waals surface area contributed by atoms with Gasteiger partial charge >= 0.3 is 0 Å². The molecule has 0 aliphatic heterocycles. The lowest BCUT2D eigenvalue weighted by molar-refractivity contribution is 0.236. The summed E-state index contributed by atoms with van der Waals surface area (Å²) in [5.74, 6) is 0.465. The van der Waals surface area contributed by atoms with Crippen LogP contribution in [0.2, 0.25) is 10.0 Å². The van der Waals surface area contributed by atoms with Crippen molar-refractivity contribution in [3.05, 3.63) is 62.7 Å².